The first-order chi connectivity index (χ1) is 7.79. The number of carboxylic acids is 1. The molecule has 6 nitrogen and oxygen atoms in total. The minimum absolute atomic E-state index is 0.135. The largest absolute Gasteiger partial charge is 0.480 e. The van der Waals surface area contributed by atoms with E-state index in [2.05, 4.69) is 5.32 Å². The van der Waals surface area contributed by atoms with Gasteiger partial charge in [-0.1, -0.05) is 13.8 Å². The molecule has 6 heteroatoms. The Morgan fingerprint density at radius 2 is 1.71 bits per heavy atom. The third-order valence-electron chi connectivity index (χ3n) is 2.91. The minimum atomic E-state index is -1.24. The molecule has 0 rings (SSSR count). The van der Waals surface area contributed by atoms with Gasteiger partial charge in [-0.15, -0.1) is 0 Å². The van der Waals surface area contributed by atoms with Gasteiger partial charge in [0.15, 0.2) is 0 Å². The maximum atomic E-state index is 11.6. The number of aliphatic carboxylic acids is 1. The Labute approximate surface area is 101 Å². The molecule has 0 aromatic carbocycles. The van der Waals surface area contributed by atoms with E-state index in [1.165, 1.54) is 18.9 Å². The molecule has 0 aliphatic carbocycles. The number of carboxylic acid groups (broad SMARTS) is 1. The van der Waals surface area contributed by atoms with Gasteiger partial charge in [-0.2, -0.15) is 0 Å². The van der Waals surface area contributed by atoms with Crippen molar-refractivity contribution in [3.8, 4) is 0 Å². The lowest BCUT2D eigenvalue weighted by atomic mass is 9.93. The average Bonchev–Trinajstić information content (AvgIpc) is 2.25. The van der Waals surface area contributed by atoms with E-state index >= 15 is 0 Å². The monoisotopic (exact) mass is 244 g/mol. The van der Waals surface area contributed by atoms with Crippen LogP contribution in [0.1, 0.15) is 33.6 Å². The molecule has 0 bridgehead atoms. The zero-order valence-corrected chi connectivity index (χ0v) is 10.7. The number of carbonyl (C=O) groups excluding carboxylic acids is 2. The number of amides is 2. The topological polar surface area (TPSA) is 86.7 Å². The zero-order chi connectivity index (χ0) is 13.6. The zero-order valence-electron chi connectivity index (χ0n) is 10.7. The molecule has 0 atom stereocenters. The molecule has 0 spiro atoms. The van der Waals surface area contributed by atoms with Crippen molar-refractivity contribution in [1.82, 2.24) is 10.2 Å². The van der Waals surface area contributed by atoms with Crippen molar-refractivity contribution >= 4 is 17.8 Å². The summed E-state index contributed by atoms with van der Waals surface area (Å²) in [4.78, 5) is 34.9. The number of hydrogen-bond acceptors (Lipinski definition) is 3. The maximum absolute atomic E-state index is 11.6. The Balaban J connectivity index is 4.63. The molecule has 0 saturated heterocycles. The summed E-state index contributed by atoms with van der Waals surface area (Å²) in [6, 6.07) is 0. The summed E-state index contributed by atoms with van der Waals surface area (Å²) in [6.45, 7) is 4.61. The molecule has 98 valence electrons. The second kappa shape index (κ2) is 6.22. The van der Waals surface area contributed by atoms with Crippen LogP contribution in [0.25, 0.3) is 0 Å². The number of likely N-dealkylation sites (N-methyl/N-ethyl adjacent to an activating group) is 1. The Kier molecular flexibility index (Phi) is 5.64. The third-order valence-corrected chi connectivity index (χ3v) is 2.91. The van der Waals surface area contributed by atoms with Crippen LogP contribution >= 0.6 is 0 Å². The van der Waals surface area contributed by atoms with E-state index in [9.17, 15) is 14.4 Å². The van der Waals surface area contributed by atoms with Crippen molar-refractivity contribution in [2.75, 3.05) is 13.6 Å². The lowest BCUT2D eigenvalue weighted by Crippen LogP contribution is -2.55. The molecular weight excluding hydrogens is 224 g/mol. The SMILES string of the molecule is CCC(CC)(NC(=O)CN(C)C(C)=O)C(=O)O. The van der Waals surface area contributed by atoms with Crippen molar-refractivity contribution in [1.29, 1.82) is 0 Å². The molecule has 0 aromatic rings. The van der Waals surface area contributed by atoms with Crippen LogP contribution in [0.3, 0.4) is 0 Å². The van der Waals surface area contributed by atoms with Crippen molar-refractivity contribution in [2.45, 2.75) is 39.2 Å². The Morgan fingerprint density at radius 3 is 2.00 bits per heavy atom. The smallest absolute Gasteiger partial charge is 0.329 e. The standard InChI is InChI=1S/C11H20N2O4/c1-5-11(6-2,10(16)17)12-9(15)7-13(4)8(3)14/h5-7H2,1-4H3,(H,12,15)(H,16,17). The molecule has 0 heterocycles. The highest BCUT2D eigenvalue weighted by molar-refractivity contribution is 5.89. The maximum Gasteiger partial charge on any atom is 0.329 e. The Morgan fingerprint density at radius 1 is 1.24 bits per heavy atom. The van der Waals surface area contributed by atoms with Gasteiger partial charge in [0, 0.05) is 14.0 Å². The van der Waals surface area contributed by atoms with Crippen LogP contribution in [0, 0.1) is 0 Å². The Hall–Kier alpha value is -1.59. The minimum Gasteiger partial charge on any atom is -0.480 e. The van der Waals surface area contributed by atoms with E-state index in [0.717, 1.165) is 0 Å². The van der Waals surface area contributed by atoms with E-state index in [1.807, 2.05) is 0 Å². The number of nitrogens with one attached hydrogen (secondary N) is 1. The highest BCUT2D eigenvalue weighted by atomic mass is 16.4. The van der Waals surface area contributed by atoms with Crippen LogP contribution in [0.4, 0.5) is 0 Å². The van der Waals surface area contributed by atoms with Gasteiger partial charge in [0.25, 0.3) is 0 Å². The molecule has 0 aromatic heterocycles. The predicted octanol–water partition coefficient (Wildman–Crippen LogP) is 0.224. The summed E-state index contributed by atoms with van der Waals surface area (Å²) >= 11 is 0. The molecule has 2 N–H and O–H groups in total. The number of hydrogen-bond donors (Lipinski definition) is 2. The fourth-order valence-corrected chi connectivity index (χ4v) is 1.42. The van der Waals surface area contributed by atoms with E-state index < -0.39 is 17.4 Å². The normalized spacial score (nSPS) is 10.8. The van der Waals surface area contributed by atoms with Crippen LogP contribution in [0.5, 0.6) is 0 Å². The van der Waals surface area contributed by atoms with Crippen molar-refractivity contribution in [3.05, 3.63) is 0 Å². The fourth-order valence-electron chi connectivity index (χ4n) is 1.42. The quantitative estimate of drug-likeness (QED) is 0.700. The van der Waals surface area contributed by atoms with Gasteiger partial charge in [-0.3, -0.25) is 9.59 Å². The van der Waals surface area contributed by atoms with E-state index in [4.69, 9.17) is 5.11 Å². The van der Waals surface area contributed by atoms with Crippen LogP contribution in [0.15, 0.2) is 0 Å². The van der Waals surface area contributed by atoms with Gasteiger partial charge < -0.3 is 15.3 Å². The van der Waals surface area contributed by atoms with Crippen LogP contribution < -0.4 is 5.32 Å². The number of rotatable bonds is 6. The van der Waals surface area contributed by atoms with Gasteiger partial charge >= 0.3 is 5.97 Å². The van der Waals surface area contributed by atoms with Crippen LogP contribution in [-0.4, -0.2) is 46.9 Å². The van der Waals surface area contributed by atoms with E-state index in [-0.39, 0.29) is 12.5 Å². The van der Waals surface area contributed by atoms with E-state index in [0.29, 0.717) is 12.8 Å². The van der Waals surface area contributed by atoms with Gasteiger partial charge in [0.05, 0.1) is 6.54 Å². The van der Waals surface area contributed by atoms with Crippen molar-refractivity contribution in [3.63, 3.8) is 0 Å². The summed E-state index contributed by atoms with van der Waals surface area (Å²) in [5, 5.41) is 11.6. The fraction of sp³-hybridized carbons (Fsp3) is 0.727. The van der Waals surface area contributed by atoms with Gasteiger partial charge in [-0.25, -0.2) is 4.79 Å². The molecule has 0 aliphatic heterocycles. The lowest BCUT2D eigenvalue weighted by molar-refractivity contribution is -0.148. The molecular formula is C11H20N2O4. The Bertz CT molecular complexity index is 311. The second-order valence-corrected chi connectivity index (χ2v) is 4.02. The lowest BCUT2D eigenvalue weighted by Gasteiger charge is -2.29. The molecule has 17 heavy (non-hydrogen) atoms. The molecule has 0 radical (unpaired) electrons. The third kappa shape index (κ3) is 4.05. The summed E-state index contributed by atoms with van der Waals surface area (Å²) in [5.74, 6) is -1.76. The van der Waals surface area contributed by atoms with Crippen molar-refractivity contribution < 1.29 is 19.5 Å². The number of carbonyl (C=O) groups is 3. The highest BCUT2D eigenvalue weighted by Crippen LogP contribution is 2.15. The highest BCUT2D eigenvalue weighted by Gasteiger charge is 2.36. The van der Waals surface area contributed by atoms with E-state index in [1.54, 1.807) is 13.8 Å². The molecule has 0 unspecified atom stereocenters. The molecule has 0 saturated carbocycles. The summed E-state index contributed by atoms with van der Waals surface area (Å²) in [5.41, 5.74) is -1.24. The molecule has 2 amide bonds. The van der Waals surface area contributed by atoms with Gasteiger partial charge in [0.2, 0.25) is 11.8 Å². The van der Waals surface area contributed by atoms with Crippen molar-refractivity contribution in [2.24, 2.45) is 0 Å². The summed E-state index contributed by atoms with van der Waals surface area (Å²) in [7, 11) is 1.49. The first-order valence-electron chi connectivity index (χ1n) is 5.55. The summed E-state index contributed by atoms with van der Waals surface area (Å²) in [6.07, 6.45) is 0.600. The van der Waals surface area contributed by atoms with Crippen LogP contribution in [-0.2, 0) is 14.4 Å². The number of nitrogens with zero attached hydrogens (tertiary/aromatic N) is 1. The first kappa shape index (κ1) is 15.4. The van der Waals surface area contributed by atoms with Gasteiger partial charge in [-0.05, 0) is 12.8 Å². The molecule has 0 fully saturated rings. The first-order valence-corrected chi connectivity index (χ1v) is 5.55. The van der Waals surface area contributed by atoms with Crippen LogP contribution in [0.2, 0.25) is 0 Å². The predicted molar refractivity (Wildman–Crippen MR) is 62.4 cm³/mol. The second-order valence-electron chi connectivity index (χ2n) is 4.02. The summed E-state index contributed by atoms with van der Waals surface area (Å²) < 4.78 is 0. The molecule has 0 aliphatic rings. The van der Waals surface area contributed by atoms with Gasteiger partial charge in [0.1, 0.15) is 5.54 Å². The average molecular weight is 244 g/mol.